The summed E-state index contributed by atoms with van der Waals surface area (Å²) in [5.74, 6) is 0.378. The third kappa shape index (κ3) is 5.04. The van der Waals surface area contributed by atoms with E-state index in [4.69, 9.17) is 20.6 Å². The number of methoxy groups -OCH3 is 1. The molecule has 0 amide bonds. The average molecular weight is 278 g/mol. The highest BCUT2D eigenvalue weighted by Crippen LogP contribution is 2.28. The molecule has 5 nitrogen and oxygen atoms in total. The fourth-order valence-corrected chi connectivity index (χ4v) is 1.26. The number of nitrogen functional groups attached to an aromatic ring is 1. The molecule has 0 radical (unpaired) electrons. The number of nitrogens with two attached hydrogens (primary N) is 1. The highest BCUT2D eigenvalue weighted by atomic mass is 19.4. The molecule has 0 aliphatic carbocycles. The largest absolute Gasteiger partial charge is 0.522 e. The molecule has 1 aromatic carbocycles. The molecule has 0 bridgehead atoms. The molecule has 0 heterocycles. The molecule has 0 saturated heterocycles. The number of halogens is 3. The third-order valence-corrected chi connectivity index (χ3v) is 2.08. The van der Waals surface area contributed by atoms with E-state index in [1.807, 2.05) is 0 Å². The van der Waals surface area contributed by atoms with E-state index < -0.39 is 13.0 Å². The molecule has 0 spiro atoms. The van der Waals surface area contributed by atoms with E-state index in [-0.39, 0.29) is 23.9 Å². The lowest BCUT2D eigenvalue weighted by atomic mass is 10.2. The molecule has 106 valence electrons. The van der Waals surface area contributed by atoms with Crippen molar-refractivity contribution < 1.29 is 27.4 Å². The minimum absolute atomic E-state index is 0.148. The van der Waals surface area contributed by atoms with Gasteiger partial charge in [0.25, 0.3) is 0 Å². The average Bonchev–Trinajstić information content (AvgIpc) is 2.33. The third-order valence-electron chi connectivity index (χ3n) is 2.08. The lowest BCUT2D eigenvalue weighted by molar-refractivity contribution is -0.325. The van der Waals surface area contributed by atoms with Gasteiger partial charge in [-0.3, -0.25) is 10.1 Å². The summed E-state index contributed by atoms with van der Waals surface area (Å²) in [4.78, 5) is 0. The lowest BCUT2D eigenvalue weighted by Crippen LogP contribution is -2.18. The molecule has 0 fully saturated rings. The molecule has 0 atom stereocenters. The number of hydrogen-bond acceptors (Lipinski definition) is 4. The van der Waals surface area contributed by atoms with Crippen molar-refractivity contribution in [2.45, 2.75) is 6.36 Å². The van der Waals surface area contributed by atoms with E-state index in [0.717, 1.165) is 0 Å². The first-order valence-corrected chi connectivity index (χ1v) is 5.19. The number of hydrogen-bond donors (Lipinski definition) is 2. The number of nitrogens with one attached hydrogen (secondary N) is 1. The second kappa shape index (κ2) is 6.28. The van der Waals surface area contributed by atoms with Crippen molar-refractivity contribution in [1.82, 2.24) is 0 Å². The normalized spacial score (nSPS) is 11.2. The van der Waals surface area contributed by atoms with Crippen LogP contribution in [-0.2, 0) is 4.74 Å². The first kappa shape index (κ1) is 15.1. The number of ether oxygens (including phenoxy) is 3. The predicted molar refractivity (Wildman–Crippen MR) is 61.5 cm³/mol. The molecular formula is C11H13F3N2O3. The van der Waals surface area contributed by atoms with Crippen LogP contribution in [-0.4, -0.2) is 32.5 Å². The monoisotopic (exact) mass is 278 g/mol. The lowest BCUT2D eigenvalue weighted by Gasteiger charge is -2.12. The second-order valence-electron chi connectivity index (χ2n) is 3.42. The van der Waals surface area contributed by atoms with Crippen molar-refractivity contribution in [2.24, 2.45) is 5.73 Å². The number of rotatable bonds is 6. The molecule has 1 aromatic rings. The summed E-state index contributed by atoms with van der Waals surface area (Å²) in [6.45, 7) is -0.906. The summed E-state index contributed by atoms with van der Waals surface area (Å²) in [7, 11) is 1.37. The van der Waals surface area contributed by atoms with Crippen LogP contribution in [0, 0.1) is 5.41 Å². The van der Waals surface area contributed by atoms with Crippen molar-refractivity contribution in [2.75, 3.05) is 20.3 Å². The topological polar surface area (TPSA) is 77.6 Å². The van der Waals surface area contributed by atoms with Gasteiger partial charge < -0.3 is 15.2 Å². The SMILES string of the molecule is COc1cc(C(=N)N)ccc1OCCOC(F)(F)F. The van der Waals surface area contributed by atoms with Crippen LogP contribution in [0.2, 0.25) is 0 Å². The van der Waals surface area contributed by atoms with Gasteiger partial charge in [-0.25, -0.2) is 0 Å². The summed E-state index contributed by atoms with van der Waals surface area (Å²) < 4.78 is 48.8. The van der Waals surface area contributed by atoms with E-state index in [0.29, 0.717) is 5.56 Å². The van der Waals surface area contributed by atoms with E-state index in [1.54, 1.807) is 0 Å². The Bertz CT molecular complexity index is 449. The Balaban J connectivity index is 2.61. The van der Waals surface area contributed by atoms with Crippen LogP contribution in [0.3, 0.4) is 0 Å². The summed E-state index contributed by atoms with van der Waals surface area (Å²) in [5.41, 5.74) is 5.73. The number of amidine groups is 1. The van der Waals surface area contributed by atoms with Gasteiger partial charge in [-0.15, -0.1) is 13.2 Å². The van der Waals surface area contributed by atoms with Crippen molar-refractivity contribution in [1.29, 1.82) is 5.41 Å². The van der Waals surface area contributed by atoms with Crippen molar-refractivity contribution >= 4 is 5.84 Å². The zero-order chi connectivity index (χ0) is 14.5. The summed E-state index contributed by atoms with van der Waals surface area (Å²) in [6.07, 6.45) is -4.67. The van der Waals surface area contributed by atoms with Gasteiger partial charge in [-0.05, 0) is 18.2 Å². The zero-order valence-corrected chi connectivity index (χ0v) is 10.1. The maximum atomic E-state index is 11.7. The molecule has 0 aliphatic heterocycles. The quantitative estimate of drug-likeness (QED) is 0.473. The molecular weight excluding hydrogens is 265 g/mol. The molecule has 0 aliphatic rings. The van der Waals surface area contributed by atoms with Gasteiger partial charge in [0.15, 0.2) is 11.5 Å². The van der Waals surface area contributed by atoms with Gasteiger partial charge in [-0.2, -0.15) is 0 Å². The molecule has 0 aromatic heterocycles. The number of alkyl halides is 3. The van der Waals surface area contributed by atoms with Crippen LogP contribution in [0.1, 0.15) is 5.56 Å². The minimum Gasteiger partial charge on any atom is -0.493 e. The van der Waals surface area contributed by atoms with Gasteiger partial charge in [0.05, 0.1) is 13.7 Å². The van der Waals surface area contributed by atoms with Crippen LogP contribution in [0.5, 0.6) is 11.5 Å². The van der Waals surface area contributed by atoms with Gasteiger partial charge in [0.1, 0.15) is 12.4 Å². The maximum Gasteiger partial charge on any atom is 0.522 e. The van der Waals surface area contributed by atoms with E-state index in [2.05, 4.69) is 4.74 Å². The molecule has 0 unspecified atom stereocenters. The van der Waals surface area contributed by atoms with E-state index >= 15 is 0 Å². The highest BCUT2D eigenvalue weighted by Gasteiger charge is 2.28. The van der Waals surface area contributed by atoms with Crippen LogP contribution in [0.15, 0.2) is 18.2 Å². The fraction of sp³-hybridized carbons (Fsp3) is 0.364. The molecule has 1 rings (SSSR count). The van der Waals surface area contributed by atoms with Gasteiger partial charge in [-0.1, -0.05) is 0 Å². The smallest absolute Gasteiger partial charge is 0.493 e. The second-order valence-corrected chi connectivity index (χ2v) is 3.42. The van der Waals surface area contributed by atoms with Crippen LogP contribution in [0.4, 0.5) is 13.2 Å². The summed E-state index contributed by atoms with van der Waals surface area (Å²) in [5, 5.41) is 7.25. The van der Waals surface area contributed by atoms with Crippen LogP contribution < -0.4 is 15.2 Å². The minimum atomic E-state index is -4.67. The zero-order valence-electron chi connectivity index (χ0n) is 10.1. The summed E-state index contributed by atoms with van der Waals surface area (Å²) in [6, 6.07) is 4.43. The van der Waals surface area contributed by atoms with Crippen molar-refractivity contribution in [3.8, 4) is 11.5 Å². The Morgan fingerprint density at radius 3 is 2.47 bits per heavy atom. The Morgan fingerprint density at radius 1 is 1.26 bits per heavy atom. The standard InChI is InChI=1S/C11H13F3N2O3/c1-17-9-6-7(10(15)16)2-3-8(9)18-4-5-19-11(12,13)14/h2-3,6H,4-5H2,1H3,(H3,15,16). The molecule has 8 heteroatoms. The number of benzene rings is 1. The van der Waals surface area contributed by atoms with Crippen molar-refractivity contribution in [3.63, 3.8) is 0 Å². The van der Waals surface area contributed by atoms with E-state index in [9.17, 15) is 13.2 Å². The fourth-order valence-electron chi connectivity index (χ4n) is 1.26. The Labute approximate surface area is 107 Å². The van der Waals surface area contributed by atoms with Crippen molar-refractivity contribution in [3.05, 3.63) is 23.8 Å². The predicted octanol–water partition coefficient (Wildman–Crippen LogP) is 1.89. The van der Waals surface area contributed by atoms with Crippen LogP contribution in [0.25, 0.3) is 0 Å². The van der Waals surface area contributed by atoms with Gasteiger partial charge in [0, 0.05) is 5.56 Å². The highest BCUT2D eigenvalue weighted by molar-refractivity contribution is 5.95. The maximum absolute atomic E-state index is 11.7. The Morgan fingerprint density at radius 2 is 1.95 bits per heavy atom. The molecule has 19 heavy (non-hydrogen) atoms. The summed E-state index contributed by atoms with van der Waals surface area (Å²) >= 11 is 0. The van der Waals surface area contributed by atoms with E-state index in [1.165, 1.54) is 25.3 Å². The first-order chi connectivity index (χ1) is 8.83. The Hall–Kier alpha value is -1.96. The Kier molecular flexibility index (Phi) is 4.99. The first-order valence-electron chi connectivity index (χ1n) is 5.19. The molecule has 0 saturated carbocycles. The van der Waals surface area contributed by atoms with Gasteiger partial charge >= 0.3 is 6.36 Å². The van der Waals surface area contributed by atoms with Crippen LogP contribution >= 0.6 is 0 Å². The van der Waals surface area contributed by atoms with Gasteiger partial charge in [0.2, 0.25) is 0 Å². The molecule has 3 N–H and O–H groups in total.